The monoisotopic (exact) mass is 317 g/mol. The number of halogens is 1. The Morgan fingerprint density at radius 1 is 1.40 bits per heavy atom. The molecule has 20 heavy (non-hydrogen) atoms. The molecule has 5 nitrogen and oxygen atoms in total. The van der Waals surface area contributed by atoms with Crippen LogP contribution in [0.15, 0.2) is 23.1 Å². The number of hydrogen-bond donors (Lipinski definition) is 1. The van der Waals surface area contributed by atoms with Crippen molar-refractivity contribution < 1.29 is 8.42 Å². The molecule has 2 N–H and O–H groups in total. The molecular formula is C13H20ClN3O2S. The molecule has 0 amide bonds. The van der Waals surface area contributed by atoms with Gasteiger partial charge in [-0.3, -0.25) is 0 Å². The summed E-state index contributed by atoms with van der Waals surface area (Å²) in [5.41, 5.74) is 6.04. The predicted molar refractivity (Wildman–Crippen MR) is 81.3 cm³/mol. The van der Waals surface area contributed by atoms with Crippen LogP contribution in [0.25, 0.3) is 0 Å². The summed E-state index contributed by atoms with van der Waals surface area (Å²) in [4.78, 5) is 2.16. The maximum atomic E-state index is 12.7. The lowest BCUT2D eigenvalue weighted by Gasteiger charge is -2.35. The Bertz CT molecular complexity index is 589. The number of rotatable bonds is 3. The second-order valence-electron chi connectivity index (χ2n) is 5.30. The topological polar surface area (TPSA) is 66.6 Å². The third kappa shape index (κ3) is 3.09. The van der Waals surface area contributed by atoms with E-state index in [0.717, 1.165) is 12.8 Å². The number of benzene rings is 1. The van der Waals surface area contributed by atoms with Crippen LogP contribution in [-0.4, -0.2) is 50.8 Å². The van der Waals surface area contributed by atoms with Crippen molar-refractivity contribution in [3.8, 4) is 0 Å². The highest BCUT2D eigenvalue weighted by Crippen LogP contribution is 2.28. The van der Waals surface area contributed by atoms with Gasteiger partial charge in [0.2, 0.25) is 10.0 Å². The Morgan fingerprint density at radius 2 is 2.10 bits per heavy atom. The van der Waals surface area contributed by atoms with E-state index in [1.54, 1.807) is 6.07 Å². The van der Waals surface area contributed by atoms with Crippen molar-refractivity contribution in [1.29, 1.82) is 0 Å². The minimum absolute atomic E-state index is 0.101. The zero-order valence-electron chi connectivity index (χ0n) is 11.7. The zero-order valence-corrected chi connectivity index (χ0v) is 13.3. The first-order valence-corrected chi connectivity index (χ1v) is 8.36. The van der Waals surface area contributed by atoms with E-state index in [2.05, 4.69) is 4.90 Å². The van der Waals surface area contributed by atoms with Gasteiger partial charge < -0.3 is 10.6 Å². The van der Waals surface area contributed by atoms with Crippen LogP contribution >= 0.6 is 11.6 Å². The molecule has 0 aromatic heterocycles. The van der Waals surface area contributed by atoms with E-state index in [1.807, 2.05) is 14.1 Å². The van der Waals surface area contributed by atoms with Gasteiger partial charge in [0.05, 0.1) is 5.69 Å². The Balaban J connectivity index is 2.32. The molecule has 1 saturated heterocycles. The van der Waals surface area contributed by atoms with Gasteiger partial charge in [0, 0.05) is 24.2 Å². The third-order valence-corrected chi connectivity index (χ3v) is 5.84. The standard InChI is InChI=1S/C13H20ClN3O2S/c1-16(2)11-4-3-7-17(9-11)20(18,19)13-8-10(14)5-6-12(13)15/h5-6,8,11H,3-4,7,9,15H2,1-2H3. The molecule has 1 aliphatic heterocycles. The number of anilines is 1. The predicted octanol–water partition coefficient (Wildman–Crippen LogP) is 1.64. The summed E-state index contributed by atoms with van der Waals surface area (Å²) < 4.78 is 26.9. The molecule has 1 heterocycles. The molecular weight excluding hydrogens is 298 g/mol. The molecule has 0 saturated carbocycles. The van der Waals surface area contributed by atoms with E-state index in [4.69, 9.17) is 17.3 Å². The van der Waals surface area contributed by atoms with Crippen LogP contribution in [0.2, 0.25) is 5.02 Å². The Hall–Kier alpha value is -0.820. The lowest BCUT2D eigenvalue weighted by atomic mass is 10.1. The van der Waals surface area contributed by atoms with Crippen LogP contribution in [0.5, 0.6) is 0 Å². The number of likely N-dealkylation sites (N-methyl/N-ethyl adjacent to an activating group) is 1. The maximum Gasteiger partial charge on any atom is 0.245 e. The number of hydrogen-bond acceptors (Lipinski definition) is 4. The van der Waals surface area contributed by atoms with E-state index in [0.29, 0.717) is 18.1 Å². The SMILES string of the molecule is CN(C)C1CCCN(S(=O)(=O)c2cc(Cl)ccc2N)C1. The molecule has 112 valence electrons. The number of sulfonamides is 1. The Morgan fingerprint density at radius 3 is 2.75 bits per heavy atom. The largest absolute Gasteiger partial charge is 0.398 e. The quantitative estimate of drug-likeness (QED) is 0.861. The molecule has 1 aliphatic rings. The zero-order chi connectivity index (χ0) is 14.9. The third-order valence-electron chi connectivity index (χ3n) is 3.68. The number of nitrogens with two attached hydrogens (primary N) is 1. The molecule has 2 rings (SSSR count). The molecule has 1 aromatic carbocycles. The molecule has 1 aromatic rings. The van der Waals surface area contributed by atoms with Gasteiger partial charge in [-0.15, -0.1) is 0 Å². The van der Waals surface area contributed by atoms with Crippen molar-refractivity contribution in [1.82, 2.24) is 9.21 Å². The molecule has 1 fully saturated rings. The first-order valence-electron chi connectivity index (χ1n) is 6.54. The van der Waals surface area contributed by atoms with Crippen LogP contribution < -0.4 is 5.73 Å². The molecule has 0 radical (unpaired) electrons. The van der Waals surface area contributed by atoms with Gasteiger partial charge in [-0.2, -0.15) is 4.31 Å². The number of nitrogens with zero attached hydrogens (tertiary/aromatic N) is 2. The van der Waals surface area contributed by atoms with Gasteiger partial charge in [0.1, 0.15) is 4.90 Å². The summed E-state index contributed by atoms with van der Waals surface area (Å²) in [6.07, 6.45) is 1.85. The second-order valence-corrected chi connectivity index (χ2v) is 7.65. The Kier molecular flexibility index (Phi) is 4.59. The van der Waals surface area contributed by atoms with Crippen LogP contribution in [-0.2, 0) is 10.0 Å². The highest BCUT2D eigenvalue weighted by molar-refractivity contribution is 7.89. The van der Waals surface area contributed by atoms with Crippen LogP contribution in [0.1, 0.15) is 12.8 Å². The van der Waals surface area contributed by atoms with E-state index in [-0.39, 0.29) is 16.6 Å². The maximum absolute atomic E-state index is 12.7. The average Bonchev–Trinajstić information content (AvgIpc) is 2.41. The van der Waals surface area contributed by atoms with Crippen molar-refractivity contribution >= 4 is 27.3 Å². The lowest BCUT2D eigenvalue weighted by molar-refractivity contribution is 0.190. The van der Waals surface area contributed by atoms with E-state index in [1.165, 1.54) is 16.4 Å². The van der Waals surface area contributed by atoms with E-state index in [9.17, 15) is 8.42 Å². The van der Waals surface area contributed by atoms with Crippen molar-refractivity contribution in [2.24, 2.45) is 0 Å². The van der Waals surface area contributed by atoms with Crippen molar-refractivity contribution in [2.75, 3.05) is 32.9 Å². The van der Waals surface area contributed by atoms with Crippen molar-refractivity contribution in [3.05, 3.63) is 23.2 Å². The summed E-state index contributed by atoms with van der Waals surface area (Å²) in [6.45, 7) is 1.01. The fourth-order valence-electron chi connectivity index (χ4n) is 2.43. The van der Waals surface area contributed by atoms with Crippen molar-refractivity contribution in [2.45, 2.75) is 23.8 Å². The molecule has 0 aliphatic carbocycles. The highest BCUT2D eigenvalue weighted by atomic mass is 35.5. The van der Waals surface area contributed by atoms with Gasteiger partial charge >= 0.3 is 0 Å². The summed E-state index contributed by atoms with van der Waals surface area (Å²) in [5.74, 6) is 0. The minimum atomic E-state index is -3.58. The first-order chi connectivity index (χ1) is 9.32. The normalized spacial score (nSPS) is 21.3. The van der Waals surface area contributed by atoms with Crippen LogP contribution in [0, 0.1) is 0 Å². The molecule has 7 heteroatoms. The Labute approximate surface area is 125 Å². The van der Waals surface area contributed by atoms with Gasteiger partial charge in [0.25, 0.3) is 0 Å². The van der Waals surface area contributed by atoms with Gasteiger partial charge in [-0.25, -0.2) is 8.42 Å². The summed E-state index contributed by atoms with van der Waals surface area (Å²) in [7, 11) is 0.349. The molecule has 1 unspecified atom stereocenters. The molecule has 1 atom stereocenters. The smallest absolute Gasteiger partial charge is 0.245 e. The lowest BCUT2D eigenvalue weighted by Crippen LogP contribution is -2.47. The van der Waals surface area contributed by atoms with Gasteiger partial charge in [0.15, 0.2) is 0 Å². The van der Waals surface area contributed by atoms with Gasteiger partial charge in [-0.05, 0) is 45.1 Å². The average molecular weight is 318 g/mol. The fraction of sp³-hybridized carbons (Fsp3) is 0.538. The van der Waals surface area contributed by atoms with Crippen LogP contribution in [0.4, 0.5) is 5.69 Å². The summed E-state index contributed by atoms with van der Waals surface area (Å²) in [6, 6.07) is 4.78. The van der Waals surface area contributed by atoms with E-state index < -0.39 is 10.0 Å². The number of piperidine rings is 1. The summed E-state index contributed by atoms with van der Waals surface area (Å²) in [5, 5.41) is 0.374. The number of nitrogen functional groups attached to an aromatic ring is 1. The van der Waals surface area contributed by atoms with Crippen LogP contribution in [0.3, 0.4) is 0 Å². The molecule has 0 spiro atoms. The minimum Gasteiger partial charge on any atom is -0.398 e. The first kappa shape index (κ1) is 15.6. The highest BCUT2D eigenvalue weighted by Gasteiger charge is 2.32. The van der Waals surface area contributed by atoms with Crippen molar-refractivity contribution in [3.63, 3.8) is 0 Å². The molecule has 0 bridgehead atoms. The fourth-order valence-corrected chi connectivity index (χ4v) is 4.33. The summed E-state index contributed by atoms with van der Waals surface area (Å²) >= 11 is 5.89. The van der Waals surface area contributed by atoms with E-state index >= 15 is 0 Å². The second kappa shape index (κ2) is 5.89. The van der Waals surface area contributed by atoms with Gasteiger partial charge in [-0.1, -0.05) is 11.6 Å².